The number of hydrazone groups is 1. The van der Waals surface area contributed by atoms with Crippen molar-refractivity contribution in [1.29, 1.82) is 0 Å². The molecule has 0 saturated carbocycles. The van der Waals surface area contributed by atoms with Crippen molar-refractivity contribution in [3.63, 3.8) is 0 Å². The normalized spacial score (nSPS) is 10.8. The molecule has 142 valence electrons. The molecule has 0 radical (unpaired) electrons. The molecule has 5 nitrogen and oxygen atoms in total. The van der Waals surface area contributed by atoms with Crippen LogP contribution in [0, 0.1) is 0 Å². The van der Waals surface area contributed by atoms with Crippen molar-refractivity contribution in [3.05, 3.63) is 93.5 Å². The molecule has 28 heavy (non-hydrogen) atoms. The van der Waals surface area contributed by atoms with Gasteiger partial charge in [-0.15, -0.1) is 0 Å². The van der Waals surface area contributed by atoms with Crippen molar-refractivity contribution in [1.82, 2.24) is 0 Å². The summed E-state index contributed by atoms with van der Waals surface area (Å²) in [6, 6.07) is 19.5. The van der Waals surface area contributed by atoms with Gasteiger partial charge in [-0.1, -0.05) is 47.5 Å². The van der Waals surface area contributed by atoms with Gasteiger partial charge in [0.1, 0.15) is 12.4 Å². The number of para-hydroxylation sites is 1. The smallest absolute Gasteiger partial charge is 0.337 e. The molecule has 0 aliphatic heterocycles. The number of carboxylic acids is 1. The van der Waals surface area contributed by atoms with E-state index in [1.165, 1.54) is 12.1 Å². The van der Waals surface area contributed by atoms with Crippen LogP contribution >= 0.6 is 23.2 Å². The molecule has 2 N–H and O–H groups in total. The summed E-state index contributed by atoms with van der Waals surface area (Å²) in [5.74, 6) is -0.427. The Balaban J connectivity index is 1.68. The molecular weight excluding hydrogens is 399 g/mol. The van der Waals surface area contributed by atoms with Crippen LogP contribution in [0.5, 0.6) is 5.75 Å². The Morgan fingerprint density at radius 2 is 1.82 bits per heavy atom. The van der Waals surface area contributed by atoms with Gasteiger partial charge in [-0.25, -0.2) is 4.79 Å². The second-order valence-corrected chi connectivity index (χ2v) is 6.67. The number of halogens is 2. The van der Waals surface area contributed by atoms with Gasteiger partial charge >= 0.3 is 5.97 Å². The molecule has 0 heterocycles. The first-order chi connectivity index (χ1) is 13.5. The first-order valence-corrected chi connectivity index (χ1v) is 9.07. The lowest BCUT2D eigenvalue weighted by molar-refractivity contribution is 0.0697. The molecule has 3 aromatic carbocycles. The van der Waals surface area contributed by atoms with Crippen LogP contribution in [0.15, 0.2) is 71.8 Å². The number of hydrogen-bond donors (Lipinski definition) is 2. The Morgan fingerprint density at radius 3 is 2.57 bits per heavy atom. The summed E-state index contributed by atoms with van der Waals surface area (Å²) >= 11 is 11.8. The minimum absolute atomic E-state index is 0.00793. The van der Waals surface area contributed by atoms with Crippen molar-refractivity contribution in [2.75, 3.05) is 5.43 Å². The van der Waals surface area contributed by atoms with Gasteiger partial charge in [0.2, 0.25) is 0 Å². The monoisotopic (exact) mass is 414 g/mol. The standard InChI is InChI=1S/C21H16Cl2N2O3/c22-16-7-5-14(6-8-16)13-28-20-4-2-1-3-15(20)12-24-25-17-9-10-19(23)18(11-17)21(26)27/h1-12,25H,13H2,(H,26,27)/b24-12-. The Labute approximate surface area is 172 Å². The molecule has 0 aliphatic rings. The summed E-state index contributed by atoms with van der Waals surface area (Å²) in [6.07, 6.45) is 1.60. The molecule has 3 rings (SSSR count). The van der Waals surface area contributed by atoms with Gasteiger partial charge in [0.15, 0.2) is 0 Å². The van der Waals surface area contributed by atoms with Gasteiger partial charge in [0.05, 0.1) is 22.5 Å². The summed E-state index contributed by atoms with van der Waals surface area (Å²) in [5, 5.41) is 14.1. The second kappa shape index (κ2) is 9.26. The number of carbonyl (C=O) groups is 1. The Bertz CT molecular complexity index is 1000. The van der Waals surface area contributed by atoms with E-state index in [0.29, 0.717) is 23.1 Å². The summed E-state index contributed by atoms with van der Waals surface area (Å²) in [7, 11) is 0. The zero-order valence-corrected chi connectivity index (χ0v) is 16.1. The average molecular weight is 415 g/mol. The predicted molar refractivity (Wildman–Crippen MR) is 112 cm³/mol. The quantitative estimate of drug-likeness (QED) is 0.383. The fourth-order valence-electron chi connectivity index (χ4n) is 2.40. The molecule has 0 bridgehead atoms. The van der Waals surface area contributed by atoms with Crippen LogP contribution in [-0.2, 0) is 6.61 Å². The fourth-order valence-corrected chi connectivity index (χ4v) is 2.72. The van der Waals surface area contributed by atoms with Gasteiger partial charge in [-0.2, -0.15) is 5.10 Å². The van der Waals surface area contributed by atoms with Crippen molar-refractivity contribution >= 4 is 41.1 Å². The lowest BCUT2D eigenvalue weighted by Crippen LogP contribution is -2.00. The highest BCUT2D eigenvalue weighted by atomic mass is 35.5. The summed E-state index contributed by atoms with van der Waals surface area (Å²) in [5.41, 5.74) is 5.09. The first-order valence-electron chi connectivity index (χ1n) is 8.31. The van der Waals surface area contributed by atoms with E-state index in [1.807, 2.05) is 48.5 Å². The Morgan fingerprint density at radius 1 is 1.07 bits per heavy atom. The fraction of sp³-hybridized carbons (Fsp3) is 0.0476. The zero-order valence-electron chi connectivity index (χ0n) is 14.6. The van der Waals surface area contributed by atoms with Crippen LogP contribution in [-0.4, -0.2) is 17.3 Å². The number of rotatable bonds is 7. The third-order valence-corrected chi connectivity index (χ3v) is 4.40. The summed E-state index contributed by atoms with van der Waals surface area (Å²) < 4.78 is 5.87. The van der Waals surface area contributed by atoms with Gasteiger partial charge in [-0.05, 0) is 48.0 Å². The molecule has 3 aromatic rings. The summed E-state index contributed by atoms with van der Waals surface area (Å²) in [6.45, 7) is 0.397. The van der Waals surface area contributed by atoms with Crippen LogP contribution in [0.2, 0.25) is 10.0 Å². The van der Waals surface area contributed by atoms with Crippen molar-refractivity contribution in [2.45, 2.75) is 6.61 Å². The first kappa shape index (κ1) is 19.7. The molecule has 0 amide bonds. The van der Waals surface area contributed by atoms with Crippen molar-refractivity contribution in [3.8, 4) is 5.75 Å². The molecule has 0 aliphatic carbocycles. The number of anilines is 1. The van der Waals surface area contributed by atoms with Gasteiger partial charge in [0.25, 0.3) is 0 Å². The van der Waals surface area contributed by atoms with E-state index in [2.05, 4.69) is 10.5 Å². The van der Waals surface area contributed by atoms with E-state index in [0.717, 1.165) is 11.1 Å². The second-order valence-electron chi connectivity index (χ2n) is 5.82. The van der Waals surface area contributed by atoms with E-state index in [1.54, 1.807) is 12.3 Å². The van der Waals surface area contributed by atoms with E-state index >= 15 is 0 Å². The minimum Gasteiger partial charge on any atom is -0.488 e. The lowest BCUT2D eigenvalue weighted by atomic mass is 10.2. The minimum atomic E-state index is -1.10. The van der Waals surface area contributed by atoms with Crippen molar-refractivity contribution < 1.29 is 14.6 Å². The topological polar surface area (TPSA) is 70.9 Å². The maximum Gasteiger partial charge on any atom is 0.337 e. The third-order valence-electron chi connectivity index (χ3n) is 3.82. The maximum absolute atomic E-state index is 11.1. The highest BCUT2D eigenvalue weighted by Crippen LogP contribution is 2.21. The van der Waals surface area contributed by atoms with Crippen LogP contribution in [0.1, 0.15) is 21.5 Å². The van der Waals surface area contributed by atoms with Crippen LogP contribution in [0.4, 0.5) is 5.69 Å². The summed E-state index contributed by atoms with van der Waals surface area (Å²) in [4.78, 5) is 11.1. The molecular formula is C21H16Cl2N2O3. The van der Waals surface area contributed by atoms with E-state index in [4.69, 9.17) is 33.0 Å². The molecule has 0 unspecified atom stereocenters. The Hall–Kier alpha value is -3.02. The zero-order chi connectivity index (χ0) is 19.9. The van der Waals surface area contributed by atoms with Crippen LogP contribution in [0.25, 0.3) is 0 Å². The van der Waals surface area contributed by atoms with Gasteiger partial charge < -0.3 is 9.84 Å². The molecule has 7 heteroatoms. The van der Waals surface area contributed by atoms with Gasteiger partial charge in [0, 0.05) is 10.6 Å². The highest BCUT2D eigenvalue weighted by molar-refractivity contribution is 6.33. The predicted octanol–water partition coefficient (Wildman–Crippen LogP) is 5.72. The number of nitrogens with zero attached hydrogens (tertiary/aromatic N) is 1. The van der Waals surface area contributed by atoms with Crippen LogP contribution in [0.3, 0.4) is 0 Å². The lowest BCUT2D eigenvalue weighted by Gasteiger charge is -2.09. The molecule has 0 atom stereocenters. The number of ether oxygens (including phenoxy) is 1. The molecule has 0 aromatic heterocycles. The van der Waals surface area contributed by atoms with E-state index in [9.17, 15) is 4.79 Å². The molecule has 0 spiro atoms. The van der Waals surface area contributed by atoms with Gasteiger partial charge in [-0.3, -0.25) is 5.43 Å². The maximum atomic E-state index is 11.1. The number of nitrogens with one attached hydrogen (secondary N) is 1. The number of benzene rings is 3. The Kier molecular flexibility index (Phi) is 6.53. The number of hydrogen-bond acceptors (Lipinski definition) is 4. The highest BCUT2D eigenvalue weighted by Gasteiger charge is 2.09. The number of aromatic carboxylic acids is 1. The third kappa shape index (κ3) is 5.25. The van der Waals surface area contributed by atoms with E-state index in [-0.39, 0.29) is 10.6 Å². The van der Waals surface area contributed by atoms with E-state index < -0.39 is 5.97 Å². The van der Waals surface area contributed by atoms with Crippen molar-refractivity contribution in [2.24, 2.45) is 5.10 Å². The molecule has 0 saturated heterocycles. The number of carboxylic acid groups (broad SMARTS) is 1. The molecule has 0 fully saturated rings. The average Bonchev–Trinajstić information content (AvgIpc) is 2.69. The van der Waals surface area contributed by atoms with Crippen LogP contribution < -0.4 is 10.2 Å². The SMILES string of the molecule is O=C(O)c1cc(N/N=C\c2ccccc2OCc2ccc(Cl)cc2)ccc1Cl. The largest absolute Gasteiger partial charge is 0.488 e.